The van der Waals surface area contributed by atoms with Crippen molar-refractivity contribution in [3.05, 3.63) is 82.9 Å². The van der Waals surface area contributed by atoms with Crippen LogP contribution in [0.25, 0.3) is 10.8 Å². The van der Waals surface area contributed by atoms with Gasteiger partial charge in [0.05, 0.1) is 5.56 Å². The van der Waals surface area contributed by atoms with Crippen LogP contribution in [0.1, 0.15) is 21.5 Å². The van der Waals surface area contributed by atoms with Crippen LogP contribution in [0.3, 0.4) is 0 Å². The molecule has 3 aromatic carbocycles. The Morgan fingerprint density at radius 3 is 2.65 bits per heavy atom. The number of hydrogen-bond acceptors (Lipinski definition) is 3. The van der Waals surface area contributed by atoms with Crippen molar-refractivity contribution < 1.29 is 18.4 Å². The zero-order valence-corrected chi connectivity index (χ0v) is 13.8. The first-order chi connectivity index (χ1) is 12.6. The van der Waals surface area contributed by atoms with E-state index in [1.807, 2.05) is 30.3 Å². The molecule has 0 spiro atoms. The molecule has 0 saturated carbocycles. The fourth-order valence-corrected chi connectivity index (χ4v) is 2.73. The molecule has 0 aromatic heterocycles. The number of rotatable bonds is 6. The third-order valence-electron chi connectivity index (χ3n) is 3.97. The lowest BCUT2D eigenvalue weighted by Crippen LogP contribution is -2.14. The molecule has 3 aromatic rings. The van der Waals surface area contributed by atoms with Crippen molar-refractivity contribution in [3.63, 3.8) is 0 Å². The van der Waals surface area contributed by atoms with Crippen LogP contribution in [0.2, 0.25) is 0 Å². The molecule has 3 rings (SSSR count). The molecule has 0 atom stereocenters. The van der Waals surface area contributed by atoms with Crippen molar-refractivity contribution in [2.24, 2.45) is 10.9 Å². The van der Waals surface area contributed by atoms with E-state index >= 15 is 0 Å². The van der Waals surface area contributed by atoms with E-state index in [1.165, 1.54) is 18.3 Å². The number of fused-ring (bicyclic) bond motifs is 1. The maximum Gasteiger partial charge on any atom is 0.249 e. The van der Waals surface area contributed by atoms with Crippen LogP contribution >= 0.6 is 0 Å². The van der Waals surface area contributed by atoms with Crippen LogP contribution < -0.4 is 5.73 Å². The van der Waals surface area contributed by atoms with Gasteiger partial charge >= 0.3 is 0 Å². The van der Waals surface area contributed by atoms with E-state index in [1.54, 1.807) is 6.07 Å². The number of halogens is 2. The molecule has 26 heavy (non-hydrogen) atoms. The summed E-state index contributed by atoms with van der Waals surface area (Å²) in [5.74, 6) is -2.40. The quantitative estimate of drug-likeness (QED) is 0.538. The molecule has 0 heterocycles. The predicted molar refractivity (Wildman–Crippen MR) is 95.8 cm³/mol. The molecule has 0 radical (unpaired) electrons. The number of nitrogens with two attached hydrogens (primary N) is 1. The lowest BCUT2D eigenvalue weighted by molar-refractivity contribution is 0.100. The van der Waals surface area contributed by atoms with Crippen molar-refractivity contribution in [1.29, 1.82) is 0 Å². The summed E-state index contributed by atoms with van der Waals surface area (Å²) in [4.78, 5) is 16.9. The lowest BCUT2D eigenvalue weighted by atomic mass is 9.97. The van der Waals surface area contributed by atoms with Gasteiger partial charge in [-0.05, 0) is 22.4 Å². The second-order valence-corrected chi connectivity index (χ2v) is 5.66. The zero-order chi connectivity index (χ0) is 18.5. The zero-order valence-electron chi connectivity index (χ0n) is 13.8. The molecule has 0 aliphatic heterocycles. The number of carbonyl (C=O) groups is 1. The van der Waals surface area contributed by atoms with Gasteiger partial charge in [0.2, 0.25) is 5.91 Å². The predicted octanol–water partition coefficient (Wildman–Crippen LogP) is 3.96. The van der Waals surface area contributed by atoms with E-state index in [0.717, 1.165) is 16.8 Å². The Morgan fingerprint density at radius 1 is 1.04 bits per heavy atom. The van der Waals surface area contributed by atoms with Crippen LogP contribution in [0.4, 0.5) is 8.78 Å². The number of primary amides is 1. The Balaban J connectivity index is 1.71. The van der Waals surface area contributed by atoms with Crippen LogP contribution in [-0.4, -0.2) is 12.1 Å². The van der Waals surface area contributed by atoms with Crippen molar-refractivity contribution >= 4 is 22.9 Å². The van der Waals surface area contributed by atoms with Crippen LogP contribution in [-0.2, 0) is 17.9 Å². The van der Waals surface area contributed by atoms with Crippen LogP contribution in [0.15, 0.2) is 59.8 Å². The molecule has 4 nitrogen and oxygen atoms in total. The van der Waals surface area contributed by atoms with E-state index in [9.17, 15) is 13.6 Å². The highest BCUT2D eigenvalue weighted by Gasteiger charge is 2.12. The summed E-state index contributed by atoms with van der Waals surface area (Å²) in [6, 6.07) is 15.0. The minimum atomic E-state index is -0.951. The first-order valence-electron chi connectivity index (χ1n) is 7.95. The van der Waals surface area contributed by atoms with Crippen molar-refractivity contribution in [3.8, 4) is 0 Å². The van der Waals surface area contributed by atoms with Gasteiger partial charge in [0.1, 0.15) is 6.61 Å². The first kappa shape index (κ1) is 17.5. The molecule has 6 heteroatoms. The highest BCUT2D eigenvalue weighted by molar-refractivity contribution is 6.08. The van der Waals surface area contributed by atoms with Crippen LogP contribution in [0.5, 0.6) is 0 Å². The normalized spacial score (nSPS) is 11.2. The summed E-state index contributed by atoms with van der Waals surface area (Å²) in [6.45, 7) is -0.194. The maximum atomic E-state index is 13.5. The third-order valence-corrected chi connectivity index (χ3v) is 3.97. The van der Waals surface area contributed by atoms with E-state index in [2.05, 4.69) is 5.16 Å². The van der Waals surface area contributed by atoms with Gasteiger partial charge in [0.15, 0.2) is 11.6 Å². The molecule has 0 fully saturated rings. The molecular formula is C20H16F2N2O2. The first-order valence-corrected chi connectivity index (χ1v) is 7.95. The summed E-state index contributed by atoms with van der Waals surface area (Å²) in [6.07, 6.45) is 1.77. The number of oxime groups is 1. The van der Waals surface area contributed by atoms with E-state index in [-0.39, 0.29) is 12.2 Å². The van der Waals surface area contributed by atoms with E-state index < -0.39 is 17.5 Å². The fraction of sp³-hybridized carbons (Fsp3) is 0.100. The van der Waals surface area contributed by atoms with Gasteiger partial charge in [-0.25, -0.2) is 8.78 Å². The van der Waals surface area contributed by atoms with Gasteiger partial charge in [-0.1, -0.05) is 53.7 Å². The van der Waals surface area contributed by atoms with Gasteiger partial charge in [-0.15, -0.1) is 0 Å². The second-order valence-electron chi connectivity index (χ2n) is 5.66. The van der Waals surface area contributed by atoms with Gasteiger partial charge < -0.3 is 10.6 Å². The Labute approximate surface area is 148 Å². The maximum absolute atomic E-state index is 13.5. The average molecular weight is 354 g/mol. The number of carbonyl (C=O) groups excluding carboxylic acids is 1. The summed E-state index contributed by atoms with van der Waals surface area (Å²) in [5, 5.41) is 5.44. The van der Waals surface area contributed by atoms with Gasteiger partial charge in [0.25, 0.3) is 0 Å². The largest absolute Gasteiger partial charge is 0.391 e. The highest BCUT2D eigenvalue weighted by Crippen LogP contribution is 2.22. The topological polar surface area (TPSA) is 64.7 Å². The lowest BCUT2D eigenvalue weighted by Gasteiger charge is -2.08. The molecule has 0 unspecified atom stereocenters. The van der Waals surface area contributed by atoms with Crippen LogP contribution in [0, 0.1) is 11.6 Å². The number of amides is 1. The molecule has 2 N–H and O–H groups in total. The van der Waals surface area contributed by atoms with Gasteiger partial charge in [-0.2, -0.15) is 0 Å². The summed E-state index contributed by atoms with van der Waals surface area (Å²) in [5.41, 5.74) is 6.75. The molecular weight excluding hydrogens is 338 g/mol. The monoisotopic (exact) mass is 354 g/mol. The average Bonchev–Trinajstić information content (AvgIpc) is 2.64. The Hall–Kier alpha value is -3.28. The molecule has 0 saturated heterocycles. The number of benzene rings is 3. The van der Waals surface area contributed by atoms with Crippen molar-refractivity contribution in [2.45, 2.75) is 13.0 Å². The standard InChI is InChI=1S/C20H16F2N2O2/c21-17-7-3-5-15(19(17)22)12-26-24-11-10-14-9-8-13-4-1-2-6-16(13)18(14)20(23)25/h1-9,11H,10,12H2,(H2,23,25). The highest BCUT2D eigenvalue weighted by atomic mass is 19.2. The number of nitrogens with zero attached hydrogens (tertiary/aromatic N) is 1. The Bertz CT molecular complexity index is 987. The Kier molecular flexibility index (Phi) is 5.22. The summed E-state index contributed by atoms with van der Waals surface area (Å²) >= 11 is 0. The number of hydrogen-bond donors (Lipinski definition) is 1. The van der Waals surface area contributed by atoms with Crippen molar-refractivity contribution in [2.75, 3.05) is 0 Å². The summed E-state index contributed by atoms with van der Waals surface area (Å²) < 4.78 is 26.6. The molecule has 0 aliphatic carbocycles. The minimum Gasteiger partial charge on any atom is -0.391 e. The molecule has 0 aliphatic rings. The second kappa shape index (κ2) is 7.74. The SMILES string of the molecule is NC(=O)c1c(CC=NOCc2cccc(F)c2F)ccc2ccccc12. The molecule has 1 amide bonds. The van der Waals surface area contributed by atoms with Gasteiger partial charge in [-0.3, -0.25) is 4.79 Å². The minimum absolute atomic E-state index is 0.0747. The smallest absolute Gasteiger partial charge is 0.249 e. The van der Waals surface area contributed by atoms with E-state index in [4.69, 9.17) is 10.6 Å². The molecule has 132 valence electrons. The van der Waals surface area contributed by atoms with Gasteiger partial charge in [0, 0.05) is 18.2 Å². The van der Waals surface area contributed by atoms with Crippen molar-refractivity contribution in [1.82, 2.24) is 0 Å². The molecule has 0 bridgehead atoms. The van der Waals surface area contributed by atoms with E-state index in [0.29, 0.717) is 17.5 Å². The Morgan fingerprint density at radius 2 is 1.85 bits per heavy atom. The summed E-state index contributed by atoms with van der Waals surface area (Å²) in [7, 11) is 0. The third kappa shape index (κ3) is 3.69. The fourth-order valence-electron chi connectivity index (χ4n) is 2.73.